The van der Waals surface area contributed by atoms with Crippen molar-refractivity contribution in [3.63, 3.8) is 0 Å². The molecule has 0 radical (unpaired) electrons. The van der Waals surface area contributed by atoms with Crippen molar-refractivity contribution >= 4 is 11.9 Å². The third-order valence-corrected chi connectivity index (χ3v) is 2.55. The highest BCUT2D eigenvalue weighted by molar-refractivity contribution is 5.88. The summed E-state index contributed by atoms with van der Waals surface area (Å²) in [4.78, 5) is 22.6. The van der Waals surface area contributed by atoms with Gasteiger partial charge in [0.15, 0.2) is 0 Å². The van der Waals surface area contributed by atoms with Gasteiger partial charge in [0.25, 0.3) is 0 Å². The van der Waals surface area contributed by atoms with Crippen molar-refractivity contribution in [3.8, 4) is 0 Å². The number of hydrogen-bond donors (Lipinski definition) is 4. The summed E-state index contributed by atoms with van der Waals surface area (Å²) < 4.78 is 0. The molecule has 1 aromatic rings. The lowest BCUT2D eigenvalue weighted by atomic mass is 9.98. The molecule has 1 rings (SSSR count). The Morgan fingerprint density at radius 1 is 1.28 bits per heavy atom. The van der Waals surface area contributed by atoms with E-state index >= 15 is 0 Å². The fourth-order valence-corrected chi connectivity index (χ4v) is 1.54. The summed E-state index contributed by atoms with van der Waals surface area (Å²) in [6, 6.07) is 7.52. The van der Waals surface area contributed by atoms with Gasteiger partial charge in [-0.1, -0.05) is 30.3 Å². The largest absolute Gasteiger partial charge is 0.480 e. The second-order valence-corrected chi connectivity index (χ2v) is 3.78. The van der Waals surface area contributed by atoms with Gasteiger partial charge in [0.1, 0.15) is 6.04 Å². The van der Waals surface area contributed by atoms with E-state index in [1.165, 1.54) is 0 Å². The number of nitrogens with one attached hydrogen (secondary N) is 1. The van der Waals surface area contributed by atoms with E-state index in [0.717, 1.165) is 0 Å². The number of carboxylic acids is 1. The quantitative estimate of drug-likeness (QED) is 0.534. The van der Waals surface area contributed by atoms with Crippen molar-refractivity contribution in [2.45, 2.75) is 12.0 Å². The summed E-state index contributed by atoms with van der Waals surface area (Å²) in [6.07, 6.45) is 0. The van der Waals surface area contributed by atoms with Gasteiger partial charge in [-0.05, 0) is 5.56 Å². The molecule has 18 heavy (non-hydrogen) atoms. The standard InChI is InChI=1S/C12H16N2O4/c13-6-9(8-4-2-1-3-5-8)11(16)14-10(7-15)12(17)18/h1-5,9-10,15H,6-7,13H2,(H,14,16)(H,17,18). The van der Waals surface area contributed by atoms with Crippen LogP contribution in [0.5, 0.6) is 0 Å². The number of carbonyl (C=O) groups excluding carboxylic acids is 1. The summed E-state index contributed by atoms with van der Waals surface area (Å²) >= 11 is 0. The molecule has 0 aliphatic heterocycles. The number of amides is 1. The number of benzene rings is 1. The second-order valence-electron chi connectivity index (χ2n) is 3.78. The van der Waals surface area contributed by atoms with Gasteiger partial charge in [-0.15, -0.1) is 0 Å². The highest BCUT2D eigenvalue weighted by Crippen LogP contribution is 2.14. The maximum atomic E-state index is 11.9. The number of rotatable bonds is 6. The number of hydrogen-bond acceptors (Lipinski definition) is 4. The predicted octanol–water partition coefficient (Wildman–Crippen LogP) is -0.709. The maximum Gasteiger partial charge on any atom is 0.328 e. The predicted molar refractivity (Wildman–Crippen MR) is 64.9 cm³/mol. The summed E-state index contributed by atoms with van der Waals surface area (Å²) in [5, 5.41) is 19.8. The molecule has 1 amide bonds. The van der Waals surface area contributed by atoms with Crippen LogP contribution in [0.4, 0.5) is 0 Å². The van der Waals surface area contributed by atoms with Crippen LogP contribution in [-0.2, 0) is 9.59 Å². The van der Waals surface area contributed by atoms with Crippen LogP contribution < -0.4 is 11.1 Å². The van der Waals surface area contributed by atoms with Crippen LogP contribution in [0.3, 0.4) is 0 Å². The topological polar surface area (TPSA) is 113 Å². The van der Waals surface area contributed by atoms with Crippen molar-refractivity contribution in [1.82, 2.24) is 5.32 Å². The number of aliphatic carboxylic acids is 1. The van der Waals surface area contributed by atoms with Crippen LogP contribution in [0.2, 0.25) is 0 Å². The first-order valence-electron chi connectivity index (χ1n) is 5.49. The van der Waals surface area contributed by atoms with Crippen molar-refractivity contribution in [2.24, 2.45) is 5.73 Å². The molecule has 0 aromatic heterocycles. The summed E-state index contributed by atoms with van der Waals surface area (Å²) in [6.45, 7) is -0.596. The Balaban J connectivity index is 2.78. The molecule has 0 saturated heterocycles. The van der Waals surface area contributed by atoms with Gasteiger partial charge in [-0.2, -0.15) is 0 Å². The first-order chi connectivity index (χ1) is 8.60. The van der Waals surface area contributed by atoms with Crippen molar-refractivity contribution in [3.05, 3.63) is 35.9 Å². The molecular weight excluding hydrogens is 236 g/mol. The van der Waals surface area contributed by atoms with Gasteiger partial charge in [-0.25, -0.2) is 4.79 Å². The molecule has 0 aliphatic carbocycles. The van der Waals surface area contributed by atoms with Crippen molar-refractivity contribution in [2.75, 3.05) is 13.2 Å². The molecule has 5 N–H and O–H groups in total. The monoisotopic (exact) mass is 252 g/mol. The summed E-state index contributed by atoms with van der Waals surface area (Å²) in [7, 11) is 0. The fraction of sp³-hybridized carbons (Fsp3) is 0.333. The van der Waals surface area contributed by atoms with Crippen LogP contribution in [0.25, 0.3) is 0 Å². The molecule has 0 aliphatic rings. The fourth-order valence-electron chi connectivity index (χ4n) is 1.54. The van der Waals surface area contributed by atoms with Crippen LogP contribution in [0, 0.1) is 0 Å². The molecule has 2 unspecified atom stereocenters. The lowest BCUT2D eigenvalue weighted by Gasteiger charge is -2.18. The molecule has 0 spiro atoms. The molecule has 0 heterocycles. The minimum Gasteiger partial charge on any atom is -0.480 e. The molecule has 6 heteroatoms. The van der Waals surface area contributed by atoms with Crippen molar-refractivity contribution < 1.29 is 19.8 Å². The Bertz CT molecular complexity index is 408. The number of aliphatic hydroxyl groups is 1. The second kappa shape index (κ2) is 6.73. The molecular formula is C12H16N2O4. The Hall–Kier alpha value is -1.92. The van der Waals surface area contributed by atoms with E-state index in [1.54, 1.807) is 24.3 Å². The zero-order valence-corrected chi connectivity index (χ0v) is 9.74. The zero-order valence-electron chi connectivity index (χ0n) is 9.74. The minimum atomic E-state index is -1.31. The normalized spacial score (nSPS) is 13.7. The highest BCUT2D eigenvalue weighted by atomic mass is 16.4. The first kappa shape index (κ1) is 14.1. The van der Waals surface area contributed by atoms with E-state index in [4.69, 9.17) is 15.9 Å². The van der Waals surface area contributed by atoms with Crippen LogP contribution >= 0.6 is 0 Å². The van der Waals surface area contributed by atoms with Gasteiger partial charge < -0.3 is 21.3 Å². The number of aliphatic hydroxyl groups excluding tert-OH is 1. The first-order valence-corrected chi connectivity index (χ1v) is 5.49. The third-order valence-electron chi connectivity index (χ3n) is 2.55. The van der Waals surface area contributed by atoms with Gasteiger partial charge in [0.05, 0.1) is 12.5 Å². The van der Waals surface area contributed by atoms with E-state index in [9.17, 15) is 9.59 Å². The summed E-state index contributed by atoms with van der Waals surface area (Å²) in [5.41, 5.74) is 6.24. The van der Waals surface area contributed by atoms with Crippen molar-refractivity contribution in [1.29, 1.82) is 0 Å². The minimum absolute atomic E-state index is 0.0631. The maximum absolute atomic E-state index is 11.9. The number of carbonyl (C=O) groups is 2. The average molecular weight is 252 g/mol. The number of nitrogens with two attached hydrogens (primary N) is 1. The van der Waals surface area contributed by atoms with E-state index in [2.05, 4.69) is 5.32 Å². The Morgan fingerprint density at radius 3 is 2.33 bits per heavy atom. The van der Waals surface area contributed by atoms with Gasteiger partial charge in [-0.3, -0.25) is 4.79 Å². The Morgan fingerprint density at radius 2 is 1.89 bits per heavy atom. The molecule has 98 valence electrons. The lowest BCUT2D eigenvalue weighted by Crippen LogP contribution is -2.46. The summed E-state index contributed by atoms with van der Waals surface area (Å²) in [5.74, 6) is -2.42. The van der Waals surface area contributed by atoms with Crippen LogP contribution in [0.1, 0.15) is 11.5 Å². The van der Waals surface area contributed by atoms with Crippen LogP contribution in [0.15, 0.2) is 30.3 Å². The average Bonchev–Trinajstić information content (AvgIpc) is 2.37. The van der Waals surface area contributed by atoms with Crippen LogP contribution in [-0.4, -0.2) is 41.3 Å². The SMILES string of the molecule is NCC(C(=O)NC(CO)C(=O)O)c1ccccc1. The van der Waals surface area contributed by atoms with E-state index in [-0.39, 0.29) is 6.54 Å². The van der Waals surface area contributed by atoms with Gasteiger partial charge >= 0.3 is 5.97 Å². The molecule has 0 fully saturated rings. The highest BCUT2D eigenvalue weighted by Gasteiger charge is 2.24. The molecule has 0 bridgehead atoms. The molecule has 6 nitrogen and oxygen atoms in total. The molecule has 1 aromatic carbocycles. The third kappa shape index (κ3) is 3.54. The van der Waals surface area contributed by atoms with E-state index in [0.29, 0.717) is 5.56 Å². The Kier molecular flexibility index (Phi) is 5.29. The van der Waals surface area contributed by atoms with E-state index in [1.807, 2.05) is 6.07 Å². The lowest BCUT2D eigenvalue weighted by molar-refractivity contribution is -0.143. The Labute approximate surface area is 104 Å². The van der Waals surface area contributed by atoms with Gasteiger partial charge in [0.2, 0.25) is 5.91 Å². The zero-order chi connectivity index (χ0) is 13.5. The number of carboxylic acid groups (broad SMARTS) is 1. The van der Waals surface area contributed by atoms with Gasteiger partial charge in [0, 0.05) is 6.54 Å². The molecule has 2 atom stereocenters. The smallest absolute Gasteiger partial charge is 0.328 e. The molecule has 0 saturated carbocycles. The van der Waals surface area contributed by atoms with E-state index < -0.39 is 30.4 Å².